The highest BCUT2D eigenvalue weighted by Gasteiger charge is 2.33. The maximum atomic E-state index is 13.6. The molecule has 0 fully saturated rings. The zero-order valence-corrected chi connectivity index (χ0v) is 31.9. The largest absolute Gasteiger partial charge is 0.480 e. The Morgan fingerprint density at radius 2 is 1.00 bits per heavy atom. The van der Waals surface area contributed by atoms with Crippen LogP contribution in [0.15, 0.2) is 9.98 Å². The lowest BCUT2D eigenvalue weighted by Crippen LogP contribution is -2.60. The van der Waals surface area contributed by atoms with E-state index in [9.17, 15) is 38.7 Å². The number of aliphatic hydroxyl groups is 1. The van der Waals surface area contributed by atoms with Gasteiger partial charge in [-0.2, -0.15) is 0 Å². The van der Waals surface area contributed by atoms with Crippen molar-refractivity contribution in [1.29, 1.82) is 0 Å². The molecule has 0 aliphatic heterocycles. The average Bonchev–Trinajstić information content (AvgIpc) is 3.07. The van der Waals surface area contributed by atoms with E-state index in [1.54, 1.807) is 13.8 Å². The van der Waals surface area contributed by atoms with Gasteiger partial charge in [-0.1, -0.05) is 27.7 Å². The summed E-state index contributed by atoms with van der Waals surface area (Å²) in [5.74, 6) is -6.83. The Labute approximate surface area is 315 Å². The van der Waals surface area contributed by atoms with Crippen LogP contribution in [-0.4, -0.2) is 126 Å². The maximum Gasteiger partial charge on any atom is 0.325 e. The van der Waals surface area contributed by atoms with Crippen molar-refractivity contribution in [2.75, 3.05) is 19.7 Å². The monoisotopic (exact) mass is 771 g/mol. The molecule has 22 heteroatoms. The number of hydrogen-bond donors (Lipinski definition) is 13. The molecule has 0 aliphatic rings. The second kappa shape index (κ2) is 24.9. The van der Waals surface area contributed by atoms with Crippen molar-refractivity contribution in [3.05, 3.63) is 0 Å². The molecule has 0 saturated heterocycles. The standard InChI is InChI=1S/C32H61N13O9/c1-15(2)13-19(33)25(48)42-21(10-8-12-39-32(36)37)27(50)43-20(9-7-11-38-31(34)35)26(49)40-17(5)24(47)44-22(14-46)28(51)45-23(16(3)4)29(52)41-18(6)30(53)54/h15-23,46H,7-14,33H2,1-6H3,(H,40,49)(H,41,52)(H,42,48)(H,43,50)(H,44,47)(H,45,51)(H,53,54)(H4,34,35,38)(H4,36,37,39)/t17-,18+,19+,20-,21-,22-,23+/m1/s1. The van der Waals surface area contributed by atoms with Crippen molar-refractivity contribution in [1.82, 2.24) is 31.9 Å². The van der Waals surface area contributed by atoms with Crippen LogP contribution in [0.4, 0.5) is 0 Å². The summed E-state index contributed by atoms with van der Waals surface area (Å²) in [6, 6.07) is -8.66. The molecule has 18 N–H and O–H groups in total. The van der Waals surface area contributed by atoms with E-state index in [1.165, 1.54) is 13.8 Å². The first kappa shape index (κ1) is 48.8. The summed E-state index contributed by atoms with van der Waals surface area (Å²) in [5.41, 5.74) is 27.6. The predicted octanol–water partition coefficient (Wildman–Crippen LogP) is -4.85. The van der Waals surface area contributed by atoms with Gasteiger partial charge < -0.3 is 70.8 Å². The minimum absolute atomic E-state index is 0.00889. The topological polar surface area (TPSA) is 387 Å². The van der Waals surface area contributed by atoms with Crippen molar-refractivity contribution >= 4 is 53.3 Å². The molecule has 0 aliphatic carbocycles. The molecule has 0 heterocycles. The van der Waals surface area contributed by atoms with Crippen molar-refractivity contribution < 1.29 is 43.8 Å². The molecule has 0 spiro atoms. The summed E-state index contributed by atoms with van der Waals surface area (Å²) < 4.78 is 0. The Morgan fingerprint density at radius 3 is 1.43 bits per heavy atom. The van der Waals surface area contributed by atoms with Crippen LogP contribution in [0, 0.1) is 11.8 Å². The van der Waals surface area contributed by atoms with Crippen molar-refractivity contribution in [2.24, 2.45) is 50.5 Å². The van der Waals surface area contributed by atoms with Crippen LogP contribution in [0.25, 0.3) is 0 Å². The van der Waals surface area contributed by atoms with Crippen molar-refractivity contribution in [2.45, 2.75) is 116 Å². The molecule has 0 bridgehead atoms. The normalized spacial score (nSPS) is 14.9. The van der Waals surface area contributed by atoms with Crippen LogP contribution in [0.5, 0.6) is 0 Å². The van der Waals surface area contributed by atoms with Crippen LogP contribution >= 0.6 is 0 Å². The minimum atomic E-state index is -1.57. The van der Waals surface area contributed by atoms with E-state index in [4.69, 9.17) is 33.8 Å². The fourth-order valence-corrected chi connectivity index (χ4v) is 4.73. The van der Waals surface area contributed by atoms with Gasteiger partial charge in [0.2, 0.25) is 35.4 Å². The number of carbonyl (C=O) groups is 7. The van der Waals surface area contributed by atoms with Crippen LogP contribution in [0.1, 0.15) is 73.6 Å². The molecular formula is C32H61N13O9. The molecule has 0 aromatic carbocycles. The summed E-state index contributed by atoms with van der Waals surface area (Å²) in [6.45, 7) is 8.84. The van der Waals surface area contributed by atoms with Gasteiger partial charge in [0.05, 0.1) is 12.6 Å². The Kier molecular flexibility index (Phi) is 22.5. The number of rotatable bonds is 25. The number of aliphatic carboxylic acids is 1. The van der Waals surface area contributed by atoms with E-state index in [-0.39, 0.29) is 56.6 Å². The third kappa shape index (κ3) is 19.5. The number of nitrogens with zero attached hydrogens (tertiary/aromatic N) is 2. The Hall–Kier alpha value is -5.25. The molecule has 0 aromatic heterocycles. The zero-order valence-electron chi connectivity index (χ0n) is 31.9. The predicted molar refractivity (Wildman–Crippen MR) is 200 cm³/mol. The SMILES string of the molecule is CC(C)C[C@H](N)C(=O)N[C@H](CCCN=C(N)N)C(=O)N[C@H](CCCN=C(N)N)C(=O)N[C@H](C)C(=O)N[C@H](CO)C(=O)N[C@H](C(=O)N[C@@H](C)C(=O)O)C(C)C. The van der Waals surface area contributed by atoms with Gasteiger partial charge in [0.25, 0.3) is 0 Å². The number of nitrogens with two attached hydrogens (primary N) is 5. The van der Waals surface area contributed by atoms with Gasteiger partial charge in [-0.25, -0.2) is 0 Å². The minimum Gasteiger partial charge on any atom is -0.480 e. The molecule has 0 radical (unpaired) electrons. The summed E-state index contributed by atoms with van der Waals surface area (Å²) >= 11 is 0. The summed E-state index contributed by atoms with van der Waals surface area (Å²) in [5, 5.41) is 33.6. The highest BCUT2D eigenvalue weighted by molar-refractivity contribution is 5.97. The van der Waals surface area contributed by atoms with Gasteiger partial charge in [-0.05, 0) is 57.8 Å². The van der Waals surface area contributed by atoms with Crippen LogP contribution in [0.3, 0.4) is 0 Å². The quantitative estimate of drug-likeness (QED) is 0.0235. The molecule has 0 rings (SSSR count). The number of amides is 6. The van der Waals surface area contributed by atoms with Crippen molar-refractivity contribution in [3.63, 3.8) is 0 Å². The molecule has 54 heavy (non-hydrogen) atoms. The van der Waals surface area contributed by atoms with Gasteiger partial charge in [-0.15, -0.1) is 0 Å². The van der Waals surface area contributed by atoms with E-state index in [0.717, 1.165) is 0 Å². The zero-order chi connectivity index (χ0) is 41.7. The smallest absolute Gasteiger partial charge is 0.325 e. The average molecular weight is 772 g/mol. The molecule has 22 nitrogen and oxygen atoms in total. The van der Waals surface area contributed by atoms with Gasteiger partial charge in [0.1, 0.15) is 36.3 Å². The van der Waals surface area contributed by atoms with E-state index in [1.807, 2.05) is 13.8 Å². The molecule has 0 saturated carbocycles. The van der Waals surface area contributed by atoms with Crippen molar-refractivity contribution in [3.8, 4) is 0 Å². The lowest BCUT2D eigenvalue weighted by molar-refractivity contribution is -0.142. The summed E-state index contributed by atoms with van der Waals surface area (Å²) in [7, 11) is 0. The summed E-state index contributed by atoms with van der Waals surface area (Å²) in [4.78, 5) is 97.5. The van der Waals surface area contributed by atoms with Gasteiger partial charge in [0.15, 0.2) is 11.9 Å². The number of guanidine groups is 2. The summed E-state index contributed by atoms with van der Waals surface area (Å²) in [6.07, 6.45) is 0.901. The Balaban J connectivity index is 5.96. The molecular weight excluding hydrogens is 710 g/mol. The van der Waals surface area contributed by atoms with Gasteiger partial charge >= 0.3 is 5.97 Å². The van der Waals surface area contributed by atoms with Gasteiger partial charge in [0, 0.05) is 13.1 Å². The van der Waals surface area contributed by atoms with Crippen LogP contribution in [-0.2, 0) is 33.6 Å². The molecule has 0 unspecified atom stereocenters. The molecule has 7 atom stereocenters. The first-order chi connectivity index (χ1) is 25.1. The fourth-order valence-electron chi connectivity index (χ4n) is 4.73. The maximum absolute atomic E-state index is 13.6. The Bertz CT molecular complexity index is 1330. The number of nitrogens with one attached hydrogen (secondary N) is 6. The first-order valence-electron chi connectivity index (χ1n) is 17.6. The molecule has 308 valence electrons. The van der Waals surface area contributed by atoms with E-state index in [2.05, 4.69) is 41.9 Å². The van der Waals surface area contributed by atoms with E-state index >= 15 is 0 Å². The highest BCUT2D eigenvalue weighted by atomic mass is 16.4. The number of carbonyl (C=O) groups excluding carboxylic acids is 6. The van der Waals surface area contributed by atoms with E-state index < -0.39 is 96.2 Å². The Morgan fingerprint density at radius 1 is 0.574 bits per heavy atom. The first-order valence-corrected chi connectivity index (χ1v) is 17.6. The number of carboxylic acids is 1. The second-order valence-electron chi connectivity index (χ2n) is 13.5. The number of carboxylic acid groups (broad SMARTS) is 1. The fraction of sp³-hybridized carbons (Fsp3) is 0.719. The third-order valence-corrected chi connectivity index (χ3v) is 7.76. The lowest BCUT2D eigenvalue weighted by Gasteiger charge is -2.27. The number of hydrogen-bond acceptors (Lipinski definition) is 11. The highest BCUT2D eigenvalue weighted by Crippen LogP contribution is 2.08. The lowest BCUT2D eigenvalue weighted by atomic mass is 10.0. The number of aliphatic hydroxyl groups excluding tert-OH is 1. The third-order valence-electron chi connectivity index (χ3n) is 7.76. The van der Waals surface area contributed by atoms with E-state index in [0.29, 0.717) is 6.42 Å². The number of aliphatic imine (C=N–C) groups is 2. The second-order valence-corrected chi connectivity index (χ2v) is 13.5. The van der Waals surface area contributed by atoms with Crippen LogP contribution < -0.4 is 60.6 Å². The molecule has 6 amide bonds. The van der Waals surface area contributed by atoms with Crippen LogP contribution in [0.2, 0.25) is 0 Å². The molecule has 0 aromatic rings. The van der Waals surface area contributed by atoms with Gasteiger partial charge in [-0.3, -0.25) is 43.5 Å².